The summed E-state index contributed by atoms with van der Waals surface area (Å²) in [6.07, 6.45) is 5.48. The molecule has 2 aliphatic rings. The number of nitrogens with zero attached hydrogens (tertiary/aromatic N) is 2. The summed E-state index contributed by atoms with van der Waals surface area (Å²) in [5.74, 6) is 0. The molecule has 0 radical (unpaired) electrons. The Morgan fingerprint density at radius 3 is 2.08 bits per heavy atom. The zero-order valence-electron chi connectivity index (χ0n) is 8.47. The highest BCUT2D eigenvalue weighted by molar-refractivity contribution is 4.99. The smallest absolute Gasteiger partial charge is 0.0377 e. The van der Waals surface area contributed by atoms with Crippen LogP contribution < -0.4 is 0 Å². The minimum absolute atomic E-state index is 1.11. The van der Waals surface area contributed by atoms with Gasteiger partial charge in [-0.3, -0.25) is 4.90 Å². The lowest BCUT2D eigenvalue weighted by atomic mass is 10.4. The zero-order chi connectivity index (χ0) is 9.10. The van der Waals surface area contributed by atoms with Crippen molar-refractivity contribution in [2.24, 2.45) is 0 Å². The van der Waals surface area contributed by atoms with Crippen LogP contribution in [0, 0.1) is 0 Å². The van der Waals surface area contributed by atoms with Gasteiger partial charge in [0, 0.05) is 25.3 Å². The highest BCUT2D eigenvalue weighted by Gasteiger charge is 2.17. The fourth-order valence-electron chi connectivity index (χ4n) is 2.33. The van der Waals surface area contributed by atoms with Gasteiger partial charge in [-0.05, 0) is 38.8 Å². The molecule has 13 heavy (non-hydrogen) atoms. The highest BCUT2D eigenvalue weighted by atomic mass is 15.2. The zero-order valence-corrected chi connectivity index (χ0v) is 8.47. The molecule has 0 N–H and O–H groups in total. The number of hydrogen-bond donors (Lipinski definition) is 0. The van der Waals surface area contributed by atoms with Gasteiger partial charge >= 0.3 is 0 Å². The summed E-state index contributed by atoms with van der Waals surface area (Å²) in [5, 5.41) is 0. The first-order valence-corrected chi connectivity index (χ1v) is 5.51. The normalized spacial score (nSPS) is 24.2. The van der Waals surface area contributed by atoms with Crippen molar-refractivity contribution in [1.82, 2.24) is 9.80 Å². The summed E-state index contributed by atoms with van der Waals surface area (Å²) >= 11 is 0. The van der Waals surface area contributed by atoms with Crippen LogP contribution in [-0.4, -0.2) is 42.5 Å². The summed E-state index contributed by atoms with van der Waals surface area (Å²) in [7, 11) is 0. The quantitative estimate of drug-likeness (QED) is 0.652. The highest BCUT2D eigenvalue weighted by Crippen LogP contribution is 2.16. The van der Waals surface area contributed by atoms with E-state index in [1.807, 2.05) is 0 Å². The maximum Gasteiger partial charge on any atom is 0.0377 e. The summed E-state index contributed by atoms with van der Waals surface area (Å²) in [6, 6.07) is 0. The molecule has 2 saturated heterocycles. The SMILES string of the molecule is C=C(CN1CCCC1)N1CCCC1. The van der Waals surface area contributed by atoms with Crippen LogP contribution in [-0.2, 0) is 0 Å². The van der Waals surface area contributed by atoms with Crippen LogP contribution in [0.3, 0.4) is 0 Å². The fourth-order valence-corrected chi connectivity index (χ4v) is 2.33. The third kappa shape index (κ3) is 2.25. The minimum Gasteiger partial charge on any atom is -0.374 e. The Balaban J connectivity index is 1.76. The lowest BCUT2D eigenvalue weighted by Gasteiger charge is -2.24. The van der Waals surface area contributed by atoms with E-state index in [0.29, 0.717) is 0 Å². The van der Waals surface area contributed by atoms with E-state index in [1.54, 1.807) is 0 Å². The average Bonchev–Trinajstić information content (AvgIpc) is 2.74. The third-order valence-corrected chi connectivity index (χ3v) is 3.16. The van der Waals surface area contributed by atoms with Gasteiger partial charge < -0.3 is 4.90 Å². The molecule has 2 heterocycles. The summed E-state index contributed by atoms with van der Waals surface area (Å²) in [6.45, 7) is 10.4. The third-order valence-electron chi connectivity index (χ3n) is 3.16. The Morgan fingerprint density at radius 1 is 0.923 bits per heavy atom. The number of likely N-dealkylation sites (tertiary alicyclic amines) is 2. The van der Waals surface area contributed by atoms with E-state index >= 15 is 0 Å². The molecule has 2 nitrogen and oxygen atoms in total. The molecule has 2 rings (SSSR count). The average molecular weight is 180 g/mol. The van der Waals surface area contributed by atoms with E-state index < -0.39 is 0 Å². The first-order valence-electron chi connectivity index (χ1n) is 5.51. The molecule has 0 atom stereocenters. The van der Waals surface area contributed by atoms with Gasteiger partial charge in [-0.2, -0.15) is 0 Å². The van der Waals surface area contributed by atoms with Gasteiger partial charge in [-0.15, -0.1) is 0 Å². The van der Waals surface area contributed by atoms with E-state index in [-0.39, 0.29) is 0 Å². The molecule has 0 saturated carbocycles. The van der Waals surface area contributed by atoms with E-state index in [4.69, 9.17) is 0 Å². The Labute approximate surface area is 81.2 Å². The molecular weight excluding hydrogens is 160 g/mol. The van der Waals surface area contributed by atoms with Gasteiger partial charge in [0.15, 0.2) is 0 Å². The maximum atomic E-state index is 4.18. The van der Waals surface area contributed by atoms with Gasteiger partial charge in [0.1, 0.15) is 0 Å². The van der Waals surface area contributed by atoms with Crippen molar-refractivity contribution in [1.29, 1.82) is 0 Å². The standard InChI is InChI=1S/C11H20N2/c1-11(13-8-4-5-9-13)10-12-6-2-3-7-12/h1-10H2. The monoisotopic (exact) mass is 180 g/mol. The molecule has 2 fully saturated rings. The van der Waals surface area contributed by atoms with Crippen molar-refractivity contribution in [2.45, 2.75) is 25.7 Å². The van der Waals surface area contributed by atoms with Crippen molar-refractivity contribution in [3.63, 3.8) is 0 Å². The summed E-state index contributed by atoms with van der Waals surface area (Å²) in [4.78, 5) is 4.99. The van der Waals surface area contributed by atoms with Crippen molar-refractivity contribution in [3.05, 3.63) is 12.3 Å². The first-order chi connectivity index (χ1) is 6.36. The molecule has 2 heteroatoms. The molecule has 0 aliphatic carbocycles. The van der Waals surface area contributed by atoms with Gasteiger partial charge in [0.25, 0.3) is 0 Å². The van der Waals surface area contributed by atoms with Crippen molar-refractivity contribution < 1.29 is 0 Å². The van der Waals surface area contributed by atoms with Gasteiger partial charge in [-0.1, -0.05) is 6.58 Å². The predicted molar refractivity (Wildman–Crippen MR) is 55.6 cm³/mol. The van der Waals surface area contributed by atoms with Crippen LogP contribution in [0.5, 0.6) is 0 Å². The fraction of sp³-hybridized carbons (Fsp3) is 0.818. The number of rotatable bonds is 3. The van der Waals surface area contributed by atoms with Gasteiger partial charge in [0.05, 0.1) is 0 Å². The van der Waals surface area contributed by atoms with E-state index in [1.165, 1.54) is 57.6 Å². The Hall–Kier alpha value is -0.500. The Bertz CT molecular complexity index is 177. The van der Waals surface area contributed by atoms with Crippen LogP contribution in [0.15, 0.2) is 12.3 Å². The lowest BCUT2D eigenvalue weighted by molar-refractivity contribution is 0.312. The molecule has 0 spiro atoms. The van der Waals surface area contributed by atoms with E-state index in [2.05, 4.69) is 16.4 Å². The Morgan fingerprint density at radius 2 is 1.46 bits per heavy atom. The first kappa shape index (κ1) is 9.07. The second-order valence-electron chi connectivity index (χ2n) is 4.24. The Kier molecular flexibility index (Phi) is 2.89. The topological polar surface area (TPSA) is 6.48 Å². The molecule has 0 bridgehead atoms. The second kappa shape index (κ2) is 4.14. The molecule has 0 amide bonds. The second-order valence-corrected chi connectivity index (χ2v) is 4.24. The van der Waals surface area contributed by atoms with Crippen molar-refractivity contribution in [2.75, 3.05) is 32.7 Å². The van der Waals surface area contributed by atoms with Gasteiger partial charge in [-0.25, -0.2) is 0 Å². The van der Waals surface area contributed by atoms with E-state index in [9.17, 15) is 0 Å². The molecule has 0 aromatic heterocycles. The minimum atomic E-state index is 1.11. The summed E-state index contributed by atoms with van der Waals surface area (Å²) in [5.41, 5.74) is 1.35. The van der Waals surface area contributed by atoms with Crippen molar-refractivity contribution >= 4 is 0 Å². The lowest BCUT2D eigenvalue weighted by Crippen LogP contribution is -2.29. The van der Waals surface area contributed by atoms with E-state index in [0.717, 1.165) is 6.54 Å². The largest absolute Gasteiger partial charge is 0.374 e. The molecule has 0 aromatic rings. The molecule has 0 aromatic carbocycles. The maximum absolute atomic E-state index is 4.18. The van der Waals surface area contributed by atoms with Crippen LogP contribution in [0.4, 0.5) is 0 Å². The molecule has 74 valence electrons. The van der Waals surface area contributed by atoms with Crippen LogP contribution >= 0.6 is 0 Å². The summed E-state index contributed by atoms with van der Waals surface area (Å²) < 4.78 is 0. The van der Waals surface area contributed by atoms with Crippen LogP contribution in [0.25, 0.3) is 0 Å². The molecule has 2 aliphatic heterocycles. The van der Waals surface area contributed by atoms with Crippen LogP contribution in [0.2, 0.25) is 0 Å². The predicted octanol–water partition coefficient (Wildman–Crippen LogP) is 1.69. The van der Waals surface area contributed by atoms with Gasteiger partial charge in [0.2, 0.25) is 0 Å². The molecule has 0 unspecified atom stereocenters. The molecular formula is C11H20N2. The number of hydrogen-bond acceptors (Lipinski definition) is 2. The van der Waals surface area contributed by atoms with Crippen molar-refractivity contribution in [3.8, 4) is 0 Å². The van der Waals surface area contributed by atoms with Crippen LogP contribution in [0.1, 0.15) is 25.7 Å².